The molecular weight excluding hydrogens is 382 g/mol. The quantitative estimate of drug-likeness (QED) is 0.660. The van der Waals surface area contributed by atoms with Gasteiger partial charge in [0, 0.05) is 29.2 Å². The number of nitrogens with zero attached hydrogens (tertiary/aromatic N) is 1. The molecule has 0 aliphatic carbocycles. The lowest BCUT2D eigenvalue weighted by Crippen LogP contribution is -3.11. The topological polar surface area (TPSA) is 53.9 Å². The maximum atomic E-state index is 12.4. The van der Waals surface area contributed by atoms with Crippen molar-refractivity contribution in [3.05, 3.63) is 59.1 Å². The monoisotopic (exact) mass is 406 g/mol. The molecule has 0 fully saturated rings. The molecule has 2 aromatic carbocycles. The van der Waals surface area contributed by atoms with E-state index in [0.717, 1.165) is 10.5 Å². The van der Waals surface area contributed by atoms with Crippen molar-refractivity contribution in [2.45, 2.75) is 11.4 Å². The average molecular weight is 407 g/mol. The van der Waals surface area contributed by atoms with E-state index in [4.69, 9.17) is 11.6 Å². The Morgan fingerprint density at radius 3 is 2.30 bits per heavy atom. The first-order valence-electron chi connectivity index (χ1n) is 8.61. The summed E-state index contributed by atoms with van der Waals surface area (Å²) in [5, 5.41) is 3.43. The average Bonchev–Trinajstić information content (AvgIpc) is 2.64. The van der Waals surface area contributed by atoms with Crippen molar-refractivity contribution in [2.75, 3.05) is 38.8 Å². The number of carbonyl (C=O) groups is 2. The van der Waals surface area contributed by atoms with Crippen LogP contribution in [0.25, 0.3) is 0 Å². The third-order valence-corrected chi connectivity index (χ3v) is 5.04. The molecule has 2 rings (SSSR count). The van der Waals surface area contributed by atoms with Gasteiger partial charge in [0.2, 0.25) is 0 Å². The maximum absolute atomic E-state index is 12.4. The third-order valence-electron chi connectivity index (χ3n) is 4.05. The van der Waals surface area contributed by atoms with Crippen LogP contribution in [0, 0.1) is 0 Å². The van der Waals surface area contributed by atoms with Crippen LogP contribution in [0.15, 0.2) is 53.4 Å². The van der Waals surface area contributed by atoms with E-state index in [1.54, 1.807) is 48.0 Å². The third kappa shape index (κ3) is 7.25. The van der Waals surface area contributed by atoms with Crippen LogP contribution < -0.4 is 10.2 Å². The summed E-state index contributed by atoms with van der Waals surface area (Å²) in [6, 6.07) is 15.1. The van der Waals surface area contributed by atoms with Gasteiger partial charge in [-0.25, -0.2) is 0 Å². The van der Waals surface area contributed by atoms with E-state index >= 15 is 0 Å². The number of amides is 2. The fraction of sp³-hybridized carbons (Fsp3) is 0.300. The first kappa shape index (κ1) is 21.3. The SMILES string of the molecule is CSc1ccc(CN(C)C(=O)C[NH+](C)CC(=O)Nc2ccc(Cl)cc2)cc1. The Balaban J connectivity index is 1.79. The van der Waals surface area contributed by atoms with Crippen molar-refractivity contribution in [1.29, 1.82) is 0 Å². The van der Waals surface area contributed by atoms with Gasteiger partial charge < -0.3 is 15.1 Å². The number of thioether (sulfide) groups is 1. The second kappa shape index (κ2) is 10.3. The van der Waals surface area contributed by atoms with Crippen LogP contribution in [0.1, 0.15) is 5.56 Å². The summed E-state index contributed by atoms with van der Waals surface area (Å²) in [5.41, 5.74) is 1.77. The van der Waals surface area contributed by atoms with Crippen molar-refractivity contribution in [1.82, 2.24) is 4.90 Å². The van der Waals surface area contributed by atoms with Gasteiger partial charge in [0.15, 0.2) is 13.1 Å². The molecule has 0 aliphatic heterocycles. The molecule has 0 aromatic heterocycles. The summed E-state index contributed by atoms with van der Waals surface area (Å²) in [5.74, 6) is -0.140. The van der Waals surface area contributed by atoms with Gasteiger partial charge in [-0.1, -0.05) is 23.7 Å². The van der Waals surface area contributed by atoms with Crippen LogP contribution in [0.2, 0.25) is 5.02 Å². The van der Waals surface area contributed by atoms with Crippen LogP contribution in [0.3, 0.4) is 0 Å². The summed E-state index contributed by atoms with van der Waals surface area (Å²) in [6.45, 7) is 1.02. The van der Waals surface area contributed by atoms with Crippen LogP contribution in [-0.2, 0) is 16.1 Å². The van der Waals surface area contributed by atoms with E-state index in [1.165, 1.54) is 4.90 Å². The number of nitrogens with one attached hydrogen (secondary N) is 2. The molecule has 1 atom stereocenters. The van der Waals surface area contributed by atoms with Gasteiger partial charge in [0.05, 0.1) is 7.05 Å². The molecule has 0 radical (unpaired) electrons. The van der Waals surface area contributed by atoms with Gasteiger partial charge in [-0.3, -0.25) is 9.59 Å². The number of quaternary nitrogens is 1. The molecule has 0 saturated carbocycles. The Hall–Kier alpha value is -2.02. The number of halogens is 1. The summed E-state index contributed by atoms with van der Waals surface area (Å²) in [4.78, 5) is 28.2. The minimum absolute atomic E-state index is 0.000681. The molecule has 7 heteroatoms. The van der Waals surface area contributed by atoms with Gasteiger partial charge in [-0.2, -0.15) is 0 Å². The summed E-state index contributed by atoms with van der Waals surface area (Å²) >= 11 is 7.52. The Labute approximate surface area is 169 Å². The molecule has 0 spiro atoms. The van der Waals surface area contributed by atoms with E-state index in [-0.39, 0.29) is 24.9 Å². The number of benzene rings is 2. The first-order valence-corrected chi connectivity index (χ1v) is 10.2. The van der Waals surface area contributed by atoms with E-state index in [9.17, 15) is 9.59 Å². The van der Waals surface area contributed by atoms with Gasteiger partial charge in [-0.05, 0) is 48.2 Å². The number of carbonyl (C=O) groups excluding carboxylic acids is 2. The van der Waals surface area contributed by atoms with Crippen LogP contribution in [-0.4, -0.2) is 50.2 Å². The smallest absolute Gasteiger partial charge is 0.279 e. The normalized spacial score (nSPS) is 11.7. The minimum atomic E-state index is -0.141. The van der Waals surface area contributed by atoms with E-state index in [1.807, 2.05) is 25.4 Å². The van der Waals surface area contributed by atoms with Gasteiger partial charge in [0.25, 0.3) is 11.8 Å². The minimum Gasteiger partial charge on any atom is -0.337 e. The first-order chi connectivity index (χ1) is 12.9. The zero-order valence-electron chi connectivity index (χ0n) is 15.8. The molecule has 144 valence electrons. The molecule has 5 nitrogen and oxygen atoms in total. The Kier molecular flexibility index (Phi) is 8.16. The Morgan fingerprint density at radius 1 is 1.07 bits per heavy atom. The molecule has 0 heterocycles. The molecule has 2 aromatic rings. The fourth-order valence-corrected chi connectivity index (χ4v) is 3.10. The molecule has 2 N–H and O–H groups in total. The highest BCUT2D eigenvalue weighted by atomic mass is 35.5. The zero-order valence-corrected chi connectivity index (χ0v) is 17.4. The van der Waals surface area contributed by atoms with Crippen molar-refractivity contribution >= 4 is 40.9 Å². The van der Waals surface area contributed by atoms with Crippen molar-refractivity contribution in [3.63, 3.8) is 0 Å². The van der Waals surface area contributed by atoms with Gasteiger partial charge in [-0.15, -0.1) is 11.8 Å². The number of likely N-dealkylation sites (N-methyl/N-ethyl adjacent to an activating group) is 2. The number of hydrogen-bond donors (Lipinski definition) is 2. The molecule has 2 amide bonds. The second-order valence-corrected chi connectivity index (χ2v) is 7.78. The molecule has 0 bridgehead atoms. The highest BCUT2D eigenvalue weighted by Crippen LogP contribution is 2.15. The lowest BCUT2D eigenvalue weighted by atomic mass is 10.2. The summed E-state index contributed by atoms with van der Waals surface area (Å²) in [7, 11) is 3.62. The molecule has 0 aliphatic rings. The summed E-state index contributed by atoms with van der Waals surface area (Å²) in [6.07, 6.45) is 2.03. The van der Waals surface area contributed by atoms with Crippen molar-refractivity contribution in [2.24, 2.45) is 0 Å². The second-order valence-electron chi connectivity index (χ2n) is 6.46. The highest BCUT2D eigenvalue weighted by molar-refractivity contribution is 7.98. The van der Waals surface area contributed by atoms with Gasteiger partial charge >= 0.3 is 0 Å². The molecule has 27 heavy (non-hydrogen) atoms. The van der Waals surface area contributed by atoms with Crippen molar-refractivity contribution in [3.8, 4) is 0 Å². The number of hydrogen-bond acceptors (Lipinski definition) is 3. The van der Waals surface area contributed by atoms with Gasteiger partial charge in [0.1, 0.15) is 0 Å². The van der Waals surface area contributed by atoms with E-state index < -0.39 is 0 Å². The van der Waals surface area contributed by atoms with E-state index in [2.05, 4.69) is 17.4 Å². The molecule has 0 saturated heterocycles. The molecular formula is C20H25ClN3O2S+. The Bertz CT molecular complexity index is 766. The summed E-state index contributed by atoms with van der Waals surface area (Å²) < 4.78 is 0. The lowest BCUT2D eigenvalue weighted by Gasteiger charge is -2.20. The lowest BCUT2D eigenvalue weighted by molar-refractivity contribution is -0.862. The number of anilines is 1. The standard InChI is InChI=1S/C20H24ClN3O2S/c1-23(13-19(25)22-17-8-6-16(21)7-9-17)14-20(26)24(2)12-15-4-10-18(27-3)11-5-15/h4-11H,12-14H2,1-3H3,(H,22,25)/p+1. The molecule has 1 unspecified atom stereocenters. The Morgan fingerprint density at radius 2 is 1.70 bits per heavy atom. The highest BCUT2D eigenvalue weighted by Gasteiger charge is 2.17. The maximum Gasteiger partial charge on any atom is 0.279 e. The zero-order chi connectivity index (χ0) is 19.8. The predicted octanol–water partition coefficient (Wildman–Crippen LogP) is 2.17. The van der Waals surface area contributed by atoms with Crippen LogP contribution >= 0.6 is 23.4 Å². The fourth-order valence-electron chi connectivity index (χ4n) is 2.56. The predicted molar refractivity (Wildman–Crippen MR) is 111 cm³/mol. The van der Waals surface area contributed by atoms with Crippen molar-refractivity contribution < 1.29 is 14.5 Å². The number of rotatable bonds is 8. The van der Waals surface area contributed by atoms with E-state index in [0.29, 0.717) is 17.3 Å². The van der Waals surface area contributed by atoms with Crippen LogP contribution in [0.5, 0.6) is 0 Å². The van der Waals surface area contributed by atoms with Crippen LogP contribution in [0.4, 0.5) is 5.69 Å². The largest absolute Gasteiger partial charge is 0.337 e.